The summed E-state index contributed by atoms with van der Waals surface area (Å²) in [5, 5.41) is 4.46. The van der Waals surface area contributed by atoms with E-state index in [1.807, 2.05) is 37.3 Å². The summed E-state index contributed by atoms with van der Waals surface area (Å²) >= 11 is 1.12. The molecule has 3 aromatic rings. The van der Waals surface area contributed by atoms with Crippen molar-refractivity contribution in [3.8, 4) is 5.75 Å². The van der Waals surface area contributed by atoms with Gasteiger partial charge >= 0.3 is 0 Å². The Balaban J connectivity index is 1.66. The monoisotopic (exact) mass is 458 g/mol. The molecule has 0 atom stereocenters. The van der Waals surface area contributed by atoms with Crippen molar-refractivity contribution in [2.75, 3.05) is 24.5 Å². The number of aryl methyl sites for hydroxylation is 1. The lowest BCUT2D eigenvalue weighted by atomic mass is 10.1. The largest absolute Gasteiger partial charge is 0.494 e. The second-order valence-electron chi connectivity index (χ2n) is 6.86. The van der Waals surface area contributed by atoms with E-state index in [0.717, 1.165) is 24.2 Å². The highest BCUT2D eigenvalue weighted by molar-refractivity contribution is 7.93. The maximum Gasteiger partial charge on any atom is 0.265 e. The van der Waals surface area contributed by atoms with Crippen LogP contribution in [0.3, 0.4) is 0 Å². The quantitative estimate of drug-likeness (QED) is 0.459. The lowest BCUT2D eigenvalue weighted by molar-refractivity contribution is 0.0954. The molecule has 3 rings (SSSR count). The summed E-state index contributed by atoms with van der Waals surface area (Å²) in [6.07, 6.45) is 1.62. The summed E-state index contributed by atoms with van der Waals surface area (Å²) in [4.78, 5) is 12.9. The molecule has 0 aliphatic heterocycles. The van der Waals surface area contributed by atoms with Crippen LogP contribution in [0.2, 0.25) is 0 Å². The SMILES string of the molecule is CCOc1ccc(N(C)S(=O)(=O)c2ccsc2C(=O)NCCCc2ccccc2)cc1. The van der Waals surface area contributed by atoms with Gasteiger partial charge in [0.2, 0.25) is 0 Å². The molecule has 0 radical (unpaired) electrons. The van der Waals surface area contributed by atoms with Crippen LogP contribution in [0.15, 0.2) is 70.9 Å². The maximum atomic E-state index is 13.2. The molecule has 0 unspecified atom stereocenters. The summed E-state index contributed by atoms with van der Waals surface area (Å²) in [5.74, 6) is 0.296. The van der Waals surface area contributed by atoms with Crippen molar-refractivity contribution < 1.29 is 17.9 Å². The first-order chi connectivity index (χ1) is 14.9. The Morgan fingerprint density at radius 3 is 2.45 bits per heavy atom. The Bertz CT molecular complexity index is 1090. The van der Waals surface area contributed by atoms with Gasteiger partial charge in [-0.25, -0.2) is 8.42 Å². The zero-order valence-corrected chi connectivity index (χ0v) is 19.2. The number of amides is 1. The molecule has 1 heterocycles. The van der Waals surface area contributed by atoms with Gasteiger partial charge in [-0.2, -0.15) is 0 Å². The van der Waals surface area contributed by atoms with Gasteiger partial charge in [-0.1, -0.05) is 30.3 Å². The van der Waals surface area contributed by atoms with E-state index in [9.17, 15) is 13.2 Å². The standard InChI is InChI=1S/C23H26N2O4S2/c1-3-29-20-13-11-19(12-14-20)25(2)31(27,28)21-15-17-30-22(21)23(26)24-16-7-10-18-8-5-4-6-9-18/h4-6,8-9,11-15,17H,3,7,10,16H2,1-2H3,(H,24,26). The van der Waals surface area contributed by atoms with Crippen LogP contribution in [-0.4, -0.2) is 34.5 Å². The molecule has 0 saturated carbocycles. The van der Waals surface area contributed by atoms with Gasteiger partial charge in [0.05, 0.1) is 12.3 Å². The highest BCUT2D eigenvalue weighted by Gasteiger charge is 2.28. The molecular weight excluding hydrogens is 432 g/mol. The predicted octanol–water partition coefficient (Wildman–Crippen LogP) is 4.33. The van der Waals surface area contributed by atoms with Crippen LogP contribution >= 0.6 is 11.3 Å². The van der Waals surface area contributed by atoms with E-state index in [2.05, 4.69) is 5.32 Å². The third kappa shape index (κ3) is 5.65. The molecule has 31 heavy (non-hydrogen) atoms. The van der Waals surface area contributed by atoms with Gasteiger partial charge in [0, 0.05) is 13.6 Å². The fraction of sp³-hybridized carbons (Fsp3) is 0.261. The second kappa shape index (κ2) is 10.5. The van der Waals surface area contributed by atoms with Gasteiger partial charge in [0.25, 0.3) is 15.9 Å². The predicted molar refractivity (Wildman–Crippen MR) is 125 cm³/mol. The Morgan fingerprint density at radius 1 is 1.06 bits per heavy atom. The molecule has 8 heteroatoms. The van der Waals surface area contributed by atoms with Crippen molar-refractivity contribution in [3.63, 3.8) is 0 Å². The van der Waals surface area contributed by atoms with Crippen molar-refractivity contribution in [3.05, 3.63) is 76.5 Å². The van der Waals surface area contributed by atoms with E-state index in [1.165, 1.54) is 23.0 Å². The van der Waals surface area contributed by atoms with Gasteiger partial charge in [0.15, 0.2) is 0 Å². The molecule has 0 aliphatic carbocycles. The van der Waals surface area contributed by atoms with Gasteiger partial charge in [0.1, 0.15) is 15.5 Å². The average molecular weight is 459 g/mol. The van der Waals surface area contributed by atoms with Crippen LogP contribution < -0.4 is 14.4 Å². The van der Waals surface area contributed by atoms with Crippen molar-refractivity contribution >= 4 is 33.0 Å². The summed E-state index contributed by atoms with van der Waals surface area (Å²) in [7, 11) is -2.40. The fourth-order valence-electron chi connectivity index (χ4n) is 3.09. The summed E-state index contributed by atoms with van der Waals surface area (Å²) in [6, 6.07) is 18.3. The van der Waals surface area contributed by atoms with E-state index in [-0.39, 0.29) is 15.7 Å². The third-order valence-electron chi connectivity index (χ3n) is 4.76. The van der Waals surface area contributed by atoms with Gasteiger partial charge in [-0.3, -0.25) is 9.10 Å². The molecule has 0 fully saturated rings. The van der Waals surface area contributed by atoms with Gasteiger partial charge < -0.3 is 10.1 Å². The van der Waals surface area contributed by atoms with E-state index >= 15 is 0 Å². The number of carbonyl (C=O) groups excluding carboxylic acids is 1. The summed E-state index contributed by atoms with van der Waals surface area (Å²) < 4.78 is 32.9. The minimum absolute atomic E-state index is 0.00874. The Hall–Kier alpha value is -2.84. The topological polar surface area (TPSA) is 75.7 Å². The molecule has 1 N–H and O–H groups in total. The molecule has 1 amide bonds. The zero-order valence-electron chi connectivity index (χ0n) is 17.6. The highest BCUT2D eigenvalue weighted by atomic mass is 32.2. The number of carbonyl (C=O) groups is 1. The summed E-state index contributed by atoms with van der Waals surface area (Å²) in [6.45, 7) is 2.89. The Morgan fingerprint density at radius 2 is 1.77 bits per heavy atom. The number of ether oxygens (including phenoxy) is 1. The van der Waals surface area contributed by atoms with Gasteiger partial charge in [-0.05, 0) is 61.0 Å². The van der Waals surface area contributed by atoms with Crippen LogP contribution in [0.5, 0.6) is 5.75 Å². The first kappa shape index (κ1) is 22.8. The van der Waals surface area contributed by atoms with Crippen LogP contribution in [0, 0.1) is 0 Å². The van der Waals surface area contributed by atoms with Crippen molar-refractivity contribution in [1.29, 1.82) is 0 Å². The number of nitrogens with one attached hydrogen (secondary N) is 1. The smallest absolute Gasteiger partial charge is 0.265 e. The first-order valence-corrected chi connectivity index (χ1v) is 12.4. The fourth-order valence-corrected chi connectivity index (χ4v) is 5.60. The number of hydrogen-bond donors (Lipinski definition) is 1. The molecule has 164 valence electrons. The van der Waals surface area contributed by atoms with Crippen molar-refractivity contribution in [1.82, 2.24) is 5.32 Å². The molecular formula is C23H26N2O4S2. The molecule has 2 aromatic carbocycles. The van der Waals surface area contributed by atoms with Crippen molar-refractivity contribution in [2.45, 2.75) is 24.7 Å². The highest BCUT2D eigenvalue weighted by Crippen LogP contribution is 2.29. The van der Waals surface area contributed by atoms with Crippen LogP contribution in [0.4, 0.5) is 5.69 Å². The lowest BCUT2D eigenvalue weighted by Gasteiger charge is -2.20. The van der Waals surface area contributed by atoms with Gasteiger partial charge in [-0.15, -0.1) is 11.3 Å². The molecule has 0 aliphatic rings. The zero-order chi connectivity index (χ0) is 22.3. The number of rotatable bonds is 10. The Labute approximate surface area is 187 Å². The molecule has 6 nitrogen and oxygen atoms in total. The average Bonchev–Trinajstić information content (AvgIpc) is 3.29. The molecule has 0 bridgehead atoms. The number of hydrogen-bond acceptors (Lipinski definition) is 5. The number of anilines is 1. The first-order valence-electron chi connectivity index (χ1n) is 10.0. The molecule has 0 saturated heterocycles. The van der Waals surface area contributed by atoms with Crippen LogP contribution in [-0.2, 0) is 16.4 Å². The van der Waals surface area contributed by atoms with E-state index in [0.29, 0.717) is 24.6 Å². The number of sulfonamides is 1. The minimum atomic E-state index is -3.88. The van der Waals surface area contributed by atoms with Crippen molar-refractivity contribution in [2.24, 2.45) is 0 Å². The van der Waals surface area contributed by atoms with E-state index in [4.69, 9.17) is 4.74 Å². The van der Waals surface area contributed by atoms with Crippen LogP contribution in [0.25, 0.3) is 0 Å². The number of thiophene rings is 1. The maximum absolute atomic E-state index is 13.2. The summed E-state index contributed by atoms with van der Waals surface area (Å²) in [5.41, 5.74) is 1.69. The number of nitrogens with zero attached hydrogens (tertiary/aromatic N) is 1. The van der Waals surface area contributed by atoms with Crippen LogP contribution in [0.1, 0.15) is 28.6 Å². The second-order valence-corrected chi connectivity index (χ2v) is 9.71. The molecule has 0 spiro atoms. The minimum Gasteiger partial charge on any atom is -0.494 e. The third-order valence-corrected chi connectivity index (χ3v) is 7.63. The lowest BCUT2D eigenvalue weighted by Crippen LogP contribution is -2.30. The van der Waals surface area contributed by atoms with E-state index in [1.54, 1.807) is 29.6 Å². The Kier molecular flexibility index (Phi) is 7.70. The normalized spacial score (nSPS) is 11.2. The van der Waals surface area contributed by atoms with E-state index < -0.39 is 10.0 Å². The molecule has 1 aromatic heterocycles. The number of benzene rings is 2.